The molecule has 3 aromatic rings. The van der Waals surface area contributed by atoms with Crippen LogP contribution in [-0.2, 0) is 21.6 Å². The molecule has 1 fully saturated rings. The first kappa shape index (κ1) is 25.4. The number of para-hydroxylation sites is 2. The Morgan fingerprint density at radius 3 is 2.27 bits per heavy atom. The van der Waals surface area contributed by atoms with E-state index in [0.29, 0.717) is 35.5 Å². The number of likely N-dealkylation sites (tertiary alicyclic amines) is 1. The maximum atomic E-state index is 13.8. The third-order valence-electron chi connectivity index (χ3n) is 6.92. The van der Waals surface area contributed by atoms with Crippen LogP contribution in [0.5, 0.6) is 5.75 Å². The molecule has 1 saturated heterocycles. The molecule has 5 rings (SSSR count). The summed E-state index contributed by atoms with van der Waals surface area (Å²) >= 11 is 0. The minimum absolute atomic E-state index is 0.0192. The van der Waals surface area contributed by atoms with Crippen molar-refractivity contribution in [3.8, 4) is 11.4 Å². The number of piperidine rings is 1. The fourth-order valence-corrected chi connectivity index (χ4v) is 6.84. The minimum Gasteiger partial charge on any atom is -0.479 e. The van der Waals surface area contributed by atoms with Crippen LogP contribution in [0.1, 0.15) is 48.4 Å². The smallest absolute Gasteiger partial charge is 0.431 e. The zero-order valence-corrected chi connectivity index (χ0v) is 21.3. The standard InChI is InChI=1S/C27H27F3N2O4S/c1-18(2)17-37(34,35)20-9-7-19(8-10-20)25(33)31-15-13-26(14-16-31)23-11-12-24(27(28,29)30)32(23)21-5-3-4-6-22(21)36-26/h3-12,18H,13-17H2,1-2H3. The first-order valence-corrected chi connectivity index (χ1v) is 13.8. The normalized spacial score (nSPS) is 16.9. The number of sulfone groups is 1. The van der Waals surface area contributed by atoms with Crippen molar-refractivity contribution in [2.45, 2.75) is 43.4 Å². The van der Waals surface area contributed by atoms with Gasteiger partial charge in [-0.1, -0.05) is 26.0 Å². The fourth-order valence-electron chi connectivity index (χ4n) is 5.22. The van der Waals surface area contributed by atoms with Gasteiger partial charge in [0.05, 0.1) is 22.0 Å². The molecule has 0 atom stereocenters. The van der Waals surface area contributed by atoms with Gasteiger partial charge in [0, 0.05) is 31.5 Å². The van der Waals surface area contributed by atoms with E-state index in [1.54, 1.807) is 29.2 Å². The molecule has 2 aliphatic heterocycles. The second kappa shape index (κ2) is 8.93. The van der Waals surface area contributed by atoms with E-state index >= 15 is 0 Å². The van der Waals surface area contributed by atoms with E-state index in [9.17, 15) is 26.4 Å². The Kier molecular flexibility index (Phi) is 6.13. The van der Waals surface area contributed by atoms with E-state index in [2.05, 4.69) is 0 Å². The maximum absolute atomic E-state index is 13.8. The van der Waals surface area contributed by atoms with Gasteiger partial charge in [-0.25, -0.2) is 8.42 Å². The predicted octanol–water partition coefficient (Wildman–Crippen LogP) is 5.45. The first-order valence-electron chi connectivity index (χ1n) is 12.1. The lowest BCUT2D eigenvalue weighted by Crippen LogP contribution is -2.50. The van der Waals surface area contributed by atoms with Crippen molar-refractivity contribution in [3.63, 3.8) is 0 Å². The summed E-state index contributed by atoms with van der Waals surface area (Å²) in [5.41, 5.74) is -0.638. The van der Waals surface area contributed by atoms with Crippen LogP contribution >= 0.6 is 0 Å². The molecule has 1 amide bonds. The molecule has 0 unspecified atom stereocenters. The van der Waals surface area contributed by atoms with Crippen molar-refractivity contribution in [1.82, 2.24) is 9.47 Å². The Bertz CT molecular complexity index is 1440. The summed E-state index contributed by atoms with van der Waals surface area (Å²) in [6.45, 7) is 4.21. The summed E-state index contributed by atoms with van der Waals surface area (Å²) in [7, 11) is -3.43. The molecular formula is C27H27F3N2O4S. The molecule has 1 spiro atoms. The average molecular weight is 533 g/mol. The van der Waals surface area contributed by atoms with Crippen molar-refractivity contribution < 1.29 is 31.1 Å². The molecule has 0 saturated carbocycles. The number of amides is 1. The van der Waals surface area contributed by atoms with E-state index in [1.165, 1.54) is 34.9 Å². The van der Waals surface area contributed by atoms with E-state index in [4.69, 9.17) is 4.74 Å². The molecule has 6 nitrogen and oxygen atoms in total. The number of hydrogen-bond donors (Lipinski definition) is 0. The topological polar surface area (TPSA) is 68.6 Å². The number of fused-ring (bicyclic) bond motifs is 4. The van der Waals surface area contributed by atoms with E-state index < -0.39 is 27.3 Å². The highest BCUT2D eigenvalue weighted by Crippen LogP contribution is 2.48. The van der Waals surface area contributed by atoms with Gasteiger partial charge >= 0.3 is 6.18 Å². The van der Waals surface area contributed by atoms with Gasteiger partial charge in [0.2, 0.25) is 0 Å². The summed E-state index contributed by atoms with van der Waals surface area (Å²) in [6, 6.07) is 15.1. The monoisotopic (exact) mass is 532 g/mol. The summed E-state index contributed by atoms with van der Waals surface area (Å²) in [5, 5.41) is 0. The van der Waals surface area contributed by atoms with Crippen molar-refractivity contribution in [2.24, 2.45) is 5.92 Å². The minimum atomic E-state index is -4.53. The van der Waals surface area contributed by atoms with E-state index in [-0.39, 0.29) is 35.6 Å². The highest BCUT2D eigenvalue weighted by molar-refractivity contribution is 7.91. The van der Waals surface area contributed by atoms with Crippen LogP contribution in [-0.4, -0.2) is 42.6 Å². The number of carbonyl (C=O) groups is 1. The number of halogens is 3. The molecule has 196 valence electrons. The van der Waals surface area contributed by atoms with Crippen molar-refractivity contribution >= 4 is 15.7 Å². The van der Waals surface area contributed by atoms with E-state index in [0.717, 1.165) is 6.07 Å². The molecule has 1 aromatic heterocycles. The molecule has 2 aromatic carbocycles. The first-order chi connectivity index (χ1) is 17.4. The Hall–Kier alpha value is -3.27. The van der Waals surface area contributed by atoms with Crippen LogP contribution in [0.4, 0.5) is 13.2 Å². The van der Waals surface area contributed by atoms with Gasteiger partial charge in [-0.2, -0.15) is 13.2 Å². The average Bonchev–Trinajstić information content (AvgIpc) is 3.31. The number of hydrogen-bond acceptors (Lipinski definition) is 4. The molecule has 10 heteroatoms. The van der Waals surface area contributed by atoms with Crippen molar-refractivity contribution in [1.29, 1.82) is 0 Å². The summed E-state index contributed by atoms with van der Waals surface area (Å²) in [4.78, 5) is 15.0. The van der Waals surface area contributed by atoms with Crippen molar-refractivity contribution in [3.05, 3.63) is 77.6 Å². The van der Waals surface area contributed by atoms with Gasteiger partial charge < -0.3 is 14.2 Å². The largest absolute Gasteiger partial charge is 0.479 e. The van der Waals surface area contributed by atoms with Crippen molar-refractivity contribution in [2.75, 3.05) is 18.8 Å². The summed E-state index contributed by atoms with van der Waals surface area (Å²) in [5.74, 6) is 0.115. The molecule has 37 heavy (non-hydrogen) atoms. The van der Waals surface area contributed by atoms with Crippen LogP contribution in [0.3, 0.4) is 0 Å². The second-order valence-electron chi connectivity index (χ2n) is 9.99. The van der Waals surface area contributed by atoms with Crippen LogP contribution in [0.2, 0.25) is 0 Å². The highest BCUT2D eigenvalue weighted by Gasteiger charge is 2.48. The molecule has 0 N–H and O–H groups in total. The molecular weight excluding hydrogens is 505 g/mol. The molecule has 0 bridgehead atoms. The quantitative estimate of drug-likeness (QED) is 0.448. The highest BCUT2D eigenvalue weighted by atomic mass is 32.2. The van der Waals surface area contributed by atoms with Crippen LogP contribution in [0, 0.1) is 5.92 Å². The van der Waals surface area contributed by atoms with Gasteiger partial charge in [-0.05, 0) is 54.4 Å². The number of benzene rings is 2. The zero-order valence-electron chi connectivity index (χ0n) is 20.5. The Morgan fingerprint density at radius 2 is 1.65 bits per heavy atom. The maximum Gasteiger partial charge on any atom is 0.431 e. The SMILES string of the molecule is CC(C)CS(=O)(=O)c1ccc(C(=O)N2CCC3(CC2)Oc2ccccc2-n2c(C(F)(F)F)ccc23)cc1. The Morgan fingerprint density at radius 1 is 1.00 bits per heavy atom. The molecule has 0 radical (unpaired) electrons. The van der Waals surface area contributed by atoms with Gasteiger partial charge in [-0.15, -0.1) is 0 Å². The molecule has 2 aliphatic rings. The van der Waals surface area contributed by atoms with Gasteiger partial charge in [0.15, 0.2) is 15.4 Å². The molecule has 0 aliphatic carbocycles. The number of ether oxygens (including phenoxy) is 1. The number of carbonyl (C=O) groups excluding carboxylic acids is 1. The number of aromatic nitrogens is 1. The third kappa shape index (κ3) is 4.52. The predicted molar refractivity (Wildman–Crippen MR) is 132 cm³/mol. The van der Waals surface area contributed by atoms with Gasteiger partial charge in [0.25, 0.3) is 5.91 Å². The number of rotatable bonds is 4. The van der Waals surface area contributed by atoms with Gasteiger partial charge in [-0.3, -0.25) is 4.79 Å². The van der Waals surface area contributed by atoms with Gasteiger partial charge in [0.1, 0.15) is 11.4 Å². The number of alkyl halides is 3. The second-order valence-corrected chi connectivity index (χ2v) is 12.0. The number of nitrogens with zero attached hydrogens (tertiary/aromatic N) is 2. The van der Waals surface area contributed by atoms with Crippen LogP contribution < -0.4 is 4.74 Å². The van der Waals surface area contributed by atoms with Crippen LogP contribution in [0.25, 0.3) is 5.69 Å². The fraction of sp³-hybridized carbons (Fsp3) is 0.370. The Labute approximate surface area is 213 Å². The van der Waals surface area contributed by atoms with Crippen LogP contribution in [0.15, 0.2) is 65.6 Å². The summed E-state index contributed by atoms with van der Waals surface area (Å²) < 4.78 is 74.0. The lowest BCUT2D eigenvalue weighted by Gasteiger charge is -2.45. The third-order valence-corrected chi connectivity index (χ3v) is 9.02. The lowest BCUT2D eigenvalue weighted by molar-refractivity contribution is -0.143. The summed E-state index contributed by atoms with van der Waals surface area (Å²) in [6.07, 6.45) is -3.90. The van der Waals surface area contributed by atoms with E-state index in [1.807, 2.05) is 13.8 Å². The molecule has 3 heterocycles. The Balaban J connectivity index is 1.38. The zero-order chi connectivity index (χ0) is 26.6. The lowest BCUT2D eigenvalue weighted by atomic mass is 9.86.